The minimum Gasteiger partial charge on any atom is -0.480 e. The molecule has 1 heterocycles. The van der Waals surface area contributed by atoms with Gasteiger partial charge < -0.3 is 14.1 Å². The van der Waals surface area contributed by atoms with Crippen LogP contribution in [0.1, 0.15) is 64.4 Å². The van der Waals surface area contributed by atoms with E-state index in [0.29, 0.717) is 28.8 Å². The molecule has 0 saturated carbocycles. The van der Waals surface area contributed by atoms with Crippen LogP contribution in [-0.4, -0.2) is 29.7 Å². The lowest BCUT2D eigenvalue weighted by Crippen LogP contribution is -2.47. The highest BCUT2D eigenvalue weighted by molar-refractivity contribution is 6.77. The van der Waals surface area contributed by atoms with Crippen LogP contribution in [0.5, 0.6) is 0 Å². The molecule has 1 aromatic carbocycles. The van der Waals surface area contributed by atoms with Crippen molar-refractivity contribution in [3.05, 3.63) is 35.5 Å². The molecule has 2 rings (SSSR count). The van der Waals surface area contributed by atoms with Gasteiger partial charge in [-0.25, -0.2) is 0 Å². The molecule has 0 atom stereocenters. The number of benzene rings is 1. The molecule has 0 amide bonds. The molecule has 28 heavy (non-hydrogen) atoms. The maximum atomic E-state index is 12.1. The summed E-state index contributed by atoms with van der Waals surface area (Å²) in [5.41, 5.74) is 3.83. The Hall–Kier alpha value is -1.92. The summed E-state index contributed by atoms with van der Waals surface area (Å²) in [4.78, 5) is 23.2. The highest BCUT2D eigenvalue weighted by Gasteiger charge is 2.44. The number of aromatic nitrogens is 1. The van der Waals surface area contributed by atoms with Gasteiger partial charge in [0.15, 0.2) is 5.78 Å². The van der Waals surface area contributed by atoms with Gasteiger partial charge in [0.05, 0.1) is 6.61 Å². The maximum Gasteiger partial charge on any atom is 0.323 e. The van der Waals surface area contributed by atoms with Crippen LogP contribution in [0.2, 0.25) is 16.6 Å². The summed E-state index contributed by atoms with van der Waals surface area (Å²) >= 11 is 0. The van der Waals surface area contributed by atoms with Gasteiger partial charge in [0.1, 0.15) is 6.54 Å². The molecule has 0 fully saturated rings. The standard InChI is InChI=1S/C22H33NO4Si/c1-14(2)28(15(3)4,16(5)6)27-13-18-8-9-21-19(10-18)20(17(7)24)11-23(21)12-22(25)26/h8-11,14-16H,12-13H2,1-7H3,(H,25,26). The number of carboxylic acid groups (broad SMARTS) is 1. The van der Waals surface area contributed by atoms with Gasteiger partial charge in [-0.15, -0.1) is 0 Å². The van der Waals surface area contributed by atoms with Gasteiger partial charge in [-0.1, -0.05) is 47.6 Å². The van der Waals surface area contributed by atoms with Gasteiger partial charge in [-0.05, 0) is 41.2 Å². The number of carbonyl (C=O) groups excluding carboxylic acids is 1. The van der Waals surface area contributed by atoms with Crippen LogP contribution >= 0.6 is 0 Å². The fourth-order valence-electron chi connectivity index (χ4n) is 4.70. The normalized spacial score (nSPS) is 12.5. The predicted octanol–water partition coefficient (Wildman–Crippen LogP) is 5.62. The number of carboxylic acids is 1. The lowest BCUT2D eigenvalue weighted by molar-refractivity contribution is -0.137. The summed E-state index contributed by atoms with van der Waals surface area (Å²) in [6, 6.07) is 5.85. The quantitative estimate of drug-likeness (QED) is 0.436. The van der Waals surface area contributed by atoms with Crippen molar-refractivity contribution in [3.8, 4) is 0 Å². The van der Waals surface area contributed by atoms with Crippen molar-refractivity contribution < 1.29 is 19.1 Å². The van der Waals surface area contributed by atoms with Crippen molar-refractivity contribution in [1.82, 2.24) is 4.57 Å². The number of Topliss-reactive ketones (excluding diaryl/α,β-unsaturated/α-hetero) is 1. The van der Waals surface area contributed by atoms with E-state index in [2.05, 4.69) is 41.5 Å². The molecule has 0 aliphatic carbocycles. The van der Waals surface area contributed by atoms with Crippen LogP contribution in [-0.2, 0) is 22.4 Å². The molecule has 5 nitrogen and oxygen atoms in total. The lowest BCUT2D eigenvalue weighted by Gasteiger charge is -2.42. The second kappa shape index (κ2) is 8.62. The van der Waals surface area contributed by atoms with E-state index in [4.69, 9.17) is 9.53 Å². The number of fused-ring (bicyclic) bond motifs is 1. The van der Waals surface area contributed by atoms with E-state index >= 15 is 0 Å². The second-order valence-corrected chi connectivity index (χ2v) is 14.0. The summed E-state index contributed by atoms with van der Waals surface area (Å²) in [6.45, 7) is 15.4. The van der Waals surface area contributed by atoms with Gasteiger partial charge >= 0.3 is 5.97 Å². The average Bonchev–Trinajstić information content (AvgIpc) is 2.92. The first-order valence-electron chi connectivity index (χ1n) is 9.99. The third-order valence-electron chi connectivity index (χ3n) is 5.83. The SMILES string of the molecule is CC(=O)c1cn(CC(=O)O)c2ccc(CO[Si](C(C)C)(C(C)C)C(C)C)cc12. The topological polar surface area (TPSA) is 68.5 Å². The molecule has 0 aliphatic rings. The van der Waals surface area contributed by atoms with Crippen LogP contribution in [0, 0.1) is 0 Å². The molecule has 0 saturated heterocycles. The van der Waals surface area contributed by atoms with Crippen molar-refractivity contribution >= 4 is 31.0 Å². The van der Waals surface area contributed by atoms with Crippen LogP contribution in [0.3, 0.4) is 0 Å². The number of rotatable bonds is 9. The first kappa shape index (κ1) is 22.4. The number of carbonyl (C=O) groups is 2. The van der Waals surface area contributed by atoms with E-state index < -0.39 is 14.3 Å². The summed E-state index contributed by atoms with van der Waals surface area (Å²) in [6.07, 6.45) is 1.64. The minimum atomic E-state index is -1.98. The predicted molar refractivity (Wildman–Crippen MR) is 115 cm³/mol. The zero-order chi connectivity index (χ0) is 21.2. The van der Waals surface area contributed by atoms with E-state index in [1.807, 2.05) is 18.2 Å². The Kier molecular flexibility index (Phi) is 6.88. The van der Waals surface area contributed by atoms with E-state index in [0.717, 1.165) is 16.5 Å². The Morgan fingerprint density at radius 2 is 1.64 bits per heavy atom. The monoisotopic (exact) mass is 403 g/mol. The van der Waals surface area contributed by atoms with Gasteiger partial charge in [-0.3, -0.25) is 9.59 Å². The van der Waals surface area contributed by atoms with Crippen LogP contribution in [0.15, 0.2) is 24.4 Å². The third-order valence-corrected chi connectivity index (χ3v) is 11.9. The number of aliphatic carboxylic acids is 1. The van der Waals surface area contributed by atoms with E-state index in [1.165, 1.54) is 6.92 Å². The number of nitrogens with zero attached hydrogens (tertiary/aromatic N) is 1. The zero-order valence-electron chi connectivity index (χ0n) is 18.1. The summed E-state index contributed by atoms with van der Waals surface area (Å²) < 4.78 is 8.29. The Bertz CT molecular complexity index is 845. The summed E-state index contributed by atoms with van der Waals surface area (Å²) in [5.74, 6) is -0.997. The van der Waals surface area contributed by atoms with E-state index in [9.17, 15) is 9.59 Å². The van der Waals surface area contributed by atoms with Gasteiger partial charge in [-0.2, -0.15) is 0 Å². The Morgan fingerprint density at radius 3 is 2.11 bits per heavy atom. The summed E-state index contributed by atoms with van der Waals surface area (Å²) in [7, 11) is -1.98. The Labute approximate surface area is 168 Å². The summed E-state index contributed by atoms with van der Waals surface area (Å²) in [5, 5.41) is 9.93. The molecule has 154 valence electrons. The number of hydrogen-bond acceptors (Lipinski definition) is 3. The first-order chi connectivity index (χ1) is 13.0. The highest BCUT2D eigenvalue weighted by atomic mass is 28.4. The Balaban J connectivity index is 2.42. The van der Waals surface area contributed by atoms with Gasteiger partial charge in [0, 0.05) is 22.7 Å². The Morgan fingerprint density at radius 1 is 1.07 bits per heavy atom. The molecule has 1 N–H and O–H groups in total. The molecule has 0 radical (unpaired) electrons. The minimum absolute atomic E-state index is 0.0672. The van der Waals surface area contributed by atoms with Crippen LogP contribution in [0.25, 0.3) is 10.9 Å². The smallest absolute Gasteiger partial charge is 0.323 e. The fraction of sp³-hybridized carbons (Fsp3) is 0.545. The van der Waals surface area contributed by atoms with Crippen molar-refractivity contribution in [1.29, 1.82) is 0 Å². The average molecular weight is 404 g/mol. The molecular formula is C22H33NO4Si. The van der Waals surface area contributed by atoms with Crippen LogP contribution in [0.4, 0.5) is 0 Å². The fourth-order valence-corrected chi connectivity index (χ4v) is 10.1. The molecule has 6 heteroatoms. The maximum absolute atomic E-state index is 12.1. The molecule has 0 unspecified atom stereocenters. The molecular weight excluding hydrogens is 370 g/mol. The van der Waals surface area contributed by atoms with Gasteiger partial charge in [0.25, 0.3) is 0 Å². The lowest BCUT2D eigenvalue weighted by atomic mass is 10.1. The van der Waals surface area contributed by atoms with E-state index in [1.54, 1.807) is 10.8 Å². The number of hydrogen-bond donors (Lipinski definition) is 1. The van der Waals surface area contributed by atoms with Crippen LogP contribution < -0.4 is 0 Å². The van der Waals surface area contributed by atoms with E-state index in [-0.39, 0.29) is 12.3 Å². The van der Waals surface area contributed by atoms with Crippen molar-refractivity contribution in [2.45, 2.75) is 78.2 Å². The number of ketones is 1. The highest BCUT2D eigenvalue weighted by Crippen LogP contribution is 2.42. The van der Waals surface area contributed by atoms with Gasteiger partial charge in [0.2, 0.25) is 8.32 Å². The zero-order valence-corrected chi connectivity index (χ0v) is 19.1. The molecule has 1 aromatic heterocycles. The molecule has 0 bridgehead atoms. The first-order valence-corrected chi connectivity index (χ1v) is 12.1. The largest absolute Gasteiger partial charge is 0.480 e. The molecule has 2 aromatic rings. The third kappa shape index (κ3) is 4.23. The molecule has 0 spiro atoms. The van der Waals surface area contributed by atoms with Crippen molar-refractivity contribution in [2.24, 2.45) is 0 Å². The van der Waals surface area contributed by atoms with Crippen molar-refractivity contribution in [2.75, 3.05) is 0 Å². The second-order valence-electron chi connectivity index (χ2n) is 8.58. The van der Waals surface area contributed by atoms with Crippen molar-refractivity contribution in [3.63, 3.8) is 0 Å². The molecule has 0 aliphatic heterocycles.